The summed E-state index contributed by atoms with van der Waals surface area (Å²) < 4.78 is 52.0. The first kappa shape index (κ1) is 13.9. The SMILES string of the molecule is O=C(O)[C@H]1CCN(S(=O)(=O)c2c(F)cccc2F)C1. The first-order valence-electron chi connectivity index (χ1n) is 5.51. The summed E-state index contributed by atoms with van der Waals surface area (Å²) in [7, 11) is -4.35. The van der Waals surface area contributed by atoms with Crippen LogP contribution in [0.25, 0.3) is 0 Å². The number of nitrogens with zero attached hydrogens (tertiary/aromatic N) is 1. The van der Waals surface area contributed by atoms with Crippen molar-refractivity contribution in [3.05, 3.63) is 29.8 Å². The van der Waals surface area contributed by atoms with E-state index in [2.05, 4.69) is 0 Å². The summed E-state index contributed by atoms with van der Waals surface area (Å²) in [5.74, 6) is -4.33. The van der Waals surface area contributed by atoms with Crippen LogP contribution in [0, 0.1) is 17.6 Å². The van der Waals surface area contributed by atoms with Crippen molar-refractivity contribution in [1.29, 1.82) is 0 Å². The molecule has 5 nitrogen and oxygen atoms in total. The topological polar surface area (TPSA) is 74.7 Å². The molecule has 0 spiro atoms. The molecule has 1 aromatic carbocycles. The fourth-order valence-corrected chi connectivity index (χ4v) is 3.62. The highest BCUT2D eigenvalue weighted by Gasteiger charge is 2.38. The van der Waals surface area contributed by atoms with E-state index in [1.54, 1.807) is 0 Å². The average Bonchev–Trinajstić information content (AvgIpc) is 2.78. The summed E-state index contributed by atoms with van der Waals surface area (Å²) in [5.41, 5.74) is 0. The van der Waals surface area contributed by atoms with Gasteiger partial charge in [-0.2, -0.15) is 4.31 Å². The molecular formula is C11H11F2NO4S. The van der Waals surface area contributed by atoms with Crippen molar-refractivity contribution in [2.45, 2.75) is 11.3 Å². The highest BCUT2D eigenvalue weighted by atomic mass is 32.2. The lowest BCUT2D eigenvalue weighted by Crippen LogP contribution is -2.31. The summed E-state index contributed by atoms with van der Waals surface area (Å²) in [4.78, 5) is 9.75. The maximum Gasteiger partial charge on any atom is 0.307 e. The molecule has 19 heavy (non-hydrogen) atoms. The van der Waals surface area contributed by atoms with E-state index in [-0.39, 0.29) is 19.5 Å². The molecule has 0 unspecified atom stereocenters. The molecule has 1 N–H and O–H groups in total. The summed E-state index contributed by atoms with van der Waals surface area (Å²) in [6.45, 7) is -0.335. The Hall–Kier alpha value is -1.54. The monoisotopic (exact) mass is 291 g/mol. The van der Waals surface area contributed by atoms with Crippen LogP contribution in [0.15, 0.2) is 23.1 Å². The van der Waals surface area contributed by atoms with Crippen molar-refractivity contribution in [2.24, 2.45) is 5.92 Å². The summed E-state index contributed by atoms with van der Waals surface area (Å²) in [6, 6.07) is 2.76. The van der Waals surface area contributed by atoms with Gasteiger partial charge in [0.2, 0.25) is 10.0 Å². The average molecular weight is 291 g/mol. The molecule has 0 saturated carbocycles. The van der Waals surface area contributed by atoms with Crippen LogP contribution in [0.1, 0.15) is 6.42 Å². The number of aliphatic carboxylic acids is 1. The zero-order valence-corrected chi connectivity index (χ0v) is 10.5. The third-order valence-corrected chi connectivity index (χ3v) is 4.93. The summed E-state index contributed by atoms with van der Waals surface area (Å²) in [5, 5.41) is 8.81. The predicted octanol–water partition coefficient (Wildman–Crippen LogP) is 1.06. The maximum absolute atomic E-state index is 13.5. The predicted molar refractivity (Wildman–Crippen MR) is 60.9 cm³/mol. The number of hydrogen-bond donors (Lipinski definition) is 1. The number of rotatable bonds is 3. The molecule has 0 bridgehead atoms. The number of carbonyl (C=O) groups is 1. The largest absolute Gasteiger partial charge is 0.481 e. The first-order chi connectivity index (χ1) is 8.84. The molecule has 0 amide bonds. The van der Waals surface area contributed by atoms with E-state index in [0.717, 1.165) is 22.5 Å². The molecule has 2 rings (SSSR count). The van der Waals surface area contributed by atoms with Gasteiger partial charge in [0.1, 0.15) is 11.6 Å². The van der Waals surface area contributed by atoms with Gasteiger partial charge in [-0.25, -0.2) is 17.2 Å². The number of sulfonamides is 1. The quantitative estimate of drug-likeness (QED) is 0.903. The number of carboxylic acids is 1. The number of carboxylic acid groups (broad SMARTS) is 1. The Kier molecular flexibility index (Phi) is 3.55. The van der Waals surface area contributed by atoms with Crippen LogP contribution in [-0.2, 0) is 14.8 Å². The van der Waals surface area contributed by atoms with Gasteiger partial charge in [0, 0.05) is 13.1 Å². The number of benzene rings is 1. The van der Waals surface area contributed by atoms with Gasteiger partial charge in [-0.1, -0.05) is 6.07 Å². The van der Waals surface area contributed by atoms with Gasteiger partial charge in [0.25, 0.3) is 0 Å². The van der Waals surface area contributed by atoms with Crippen molar-refractivity contribution < 1.29 is 27.1 Å². The Bertz CT molecular complexity index is 597. The minimum Gasteiger partial charge on any atom is -0.481 e. The smallest absolute Gasteiger partial charge is 0.307 e. The molecular weight excluding hydrogens is 280 g/mol. The van der Waals surface area contributed by atoms with Crippen LogP contribution in [0.5, 0.6) is 0 Å². The van der Waals surface area contributed by atoms with Crippen LogP contribution in [0.3, 0.4) is 0 Å². The first-order valence-corrected chi connectivity index (χ1v) is 6.95. The lowest BCUT2D eigenvalue weighted by atomic mass is 10.1. The molecule has 1 saturated heterocycles. The minimum atomic E-state index is -4.35. The van der Waals surface area contributed by atoms with E-state index >= 15 is 0 Å². The molecule has 0 radical (unpaired) electrons. The highest BCUT2D eigenvalue weighted by molar-refractivity contribution is 7.89. The second kappa shape index (κ2) is 4.86. The lowest BCUT2D eigenvalue weighted by Gasteiger charge is -2.16. The van der Waals surface area contributed by atoms with Crippen LogP contribution < -0.4 is 0 Å². The fourth-order valence-electron chi connectivity index (χ4n) is 2.01. The number of halogens is 2. The van der Waals surface area contributed by atoms with Crippen molar-refractivity contribution in [3.8, 4) is 0 Å². The fraction of sp³-hybridized carbons (Fsp3) is 0.364. The minimum absolute atomic E-state index is 0.0624. The third-order valence-electron chi connectivity index (χ3n) is 3.02. The number of hydrogen-bond acceptors (Lipinski definition) is 3. The maximum atomic E-state index is 13.5. The van der Waals surface area contributed by atoms with Crippen LogP contribution in [0.4, 0.5) is 8.78 Å². The molecule has 8 heteroatoms. The summed E-state index contributed by atoms with van der Waals surface area (Å²) >= 11 is 0. The van der Waals surface area contributed by atoms with Crippen LogP contribution in [-0.4, -0.2) is 36.9 Å². The van der Waals surface area contributed by atoms with Crippen molar-refractivity contribution in [1.82, 2.24) is 4.31 Å². The molecule has 1 atom stereocenters. The van der Waals surface area contributed by atoms with Gasteiger partial charge in [0.05, 0.1) is 5.92 Å². The standard InChI is InChI=1S/C11H11F2NO4S/c12-8-2-1-3-9(13)10(8)19(17,18)14-5-4-7(6-14)11(15)16/h1-3,7H,4-6H2,(H,15,16)/t7-/m0/s1. The Balaban J connectivity index is 2.37. The summed E-state index contributed by atoms with van der Waals surface area (Å²) in [6.07, 6.45) is 0.130. The zero-order valence-electron chi connectivity index (χ0n) is 9.71. The molecule has 1 aliphatic rings. The second-order valence-electron chi connectivity index (χ2n) is 4.24. The van der Waals surface area contributed by atoms with Crippen LogP contribution in [0.2, 0.25) is 0 Å². The Morgan fingerprint density at radius 1 is 1.32 bits per heavy atom. The highest BCUT2D eigenvalue weighted by Crippen LogP contribution is 2.27. The van der Waals surface area contributed by atoms with Crippen molar-refractivity contribution in [2.75, 3.05) is 13.1 Å². The van der Waals surface area contributed by atoms with Gasteiger partial charge in [-0.15, -0.1) is 0 Å². The Labute approximate surface area is 108 Å². The van der Waals surface area contributed by atoms with Gasteiger partial charge in [-0.3, -0.25) is 4.79 Å². The van der Waals surface area contributed by atoms with Crippen LogP contribution >= 0.6 is 0 Å². The van der Waals surface area contributed by atoms with E-state index in [1.165, 1.54) is 0 Å². The van der Waals surface area contributed by atoms with E-state index < -0.39 is 38.4 Å². The Morgan fingerprint density at radius 3 is 2.37 bits per heavy atom. The van der Waals surface area contributed by atoms with Gasteiger partial charge in [0.15, 0.2) is 4.90 Å². The van der Waals surface area contributed by atoms with E-state index in [4.69, 9.17) is 5.11 Å². The third kappa shape index (κ3) is 2.45. The van der Waals surface area contributed by atoms with E-state index in [9.17, 15) is 22.0 Å². The van der Waals surface area contributed by atoms with Gasteiger partial charge in [-0.05, 0) is 18.6 Å². The molecule has 1 fully saturated rings. The van der Waals surface area contributed by atoms with E-state index in [0.29, 0.717) is 0 Å². The van der Waals surface area contributed by atoms with Gasteiger partial charge < -0.3 is 5.11 Å². The lowest BCUT2D eigenvalue weighted by molar-refractivity contribution is -0.141. The normalized spacial score (nSPS) is 20.6. The molecule has 1 aromatic rings. The molecule has 0 aromatic heterocycles. The molecule has 104 valence electrons. The van der Waals surface area contributed by atoms with E-state index in [1.807, 2.05) is 0 Å². The molecule has 1 heterocycles. The van der Waals surface area contributed by atoms with Crippen molar-refractivity contribution in [3.63, 3.8) is 0 Å². The zero-order chi connectivity index (χ0) is 14.2. The molecule has 0 aliphatic carbocycles. The van der Waals surface area contributed by atoms with Crippen molar-refractivity contribution >= 4 is 16.0 Å². The molecule has 1 aliphatic heterocycles. The Morgan fingerprint density at radius 2 is 1.89 bits per heavy atom. The second-order valence-corrected chi connectivity index (χ2v) is 6.11. The van der Waals surface area contributed by atoms with Gasteiger partial charge >= 0.3 is 5.97 Å².